The highest BCUT2D eigenvalue weighted by Gasteiger charge is 2.29. The molecular weight excluding hydrogens is 488 g/mol. The molecule has 4 aromatic rings. The van der Waals surface area contributed by atoms with Crippen molar-refractivity contribution in [1.29, 1.82) is 0 Å². The highest BCUT2D eigenvalue weighted by Crippen LogP contribution is 2.27. The average Bonchev–Trinajstić information content (AvgIpc) is 3.34. The molecule has 1 aliphatic heterocycles. The second-order valence-electron chi connectivity index (χ2n) is 10.8. The Kier molecular flexibility index (Phi) is 7.15. The van der Waals surface area contributed by atoms with Crippen LogP contribution in [0.5, 0.6) is 0 Å². The van der Waals surface area contributed by atoms with Gasteiger partial charge in [-0.15, -0.1) is 0 Å². The number of primary amides is 1. The van der Waals surface area contributed by atoms with Crippen molar-refractivity contribution in [2.45, 2.75) is 63.6 Å². The van der Waals surface area contributed by atoms with E-state index >= 15 is 0 Å². The Morgan fingerprint density at radius 2 is 1.85 bits per heavy atom. The number of aromatic nitrogens is 4. The Morgan fingerprint density at radius 3 is 2.72 bits per heavy atom. The minimum Gasteiger partial charge on any atom is -0.369 e. The van der Waals surface area contributed by atoms with Crippen molar-refractivity contribution in [2.75, 3.05) is 23.3 Å². The molecule has 1 unspecified atom stereocenters. The van der Waals surface area contributed by atoms with Gasteiger partial charge in [0.1, 0.15) is 11.6 Å². The lowest BCUT2D eigenvalue weighted by Gasteiger charge is -2.40. The molecule has 3 atom stereocenters. The number of nitrogens with two attached hydrogens (primary N) is 1. The van der Waals surface area contributed by atoms with Crippen molar-refractivity contribution >= 4 is 23.1 Å². The topological polar surface area (TPSA) is 113 Å². The molecular formula is C30H36N8O. The van der Waals surface area contributed by atoms with Gasteiger partial charge in [0.2, 0.25) is 5.91 Å². The lowest BCUT2D eigenvalue weighted by molar-refractivity contribution is 0.100. The summed E-state index contributed by atoms with van der Waals surface area (Å²) in [5, 5.41) is 12.3. The van der Waals surface area contributed by atoms with Gasteiger partial charge in [-0.1, -0.05) is 25.0 Å². The van der Waals surface area contributed by atoms with E-state index < -0.39 is 5.91 Å². The zero-order valence-electron chi connectivity index (χ0n) is 22.4. The van der Waals surface area contributed by atoms with Gasteiger partial charge in [-0.2, -0.15) is 5.10 Å². The SMILES string of the molecule is Cc1nc2ccc(N3CCC[C@H](N[C@@H]4CCCCC4Nc4cc(-c5cccc(C(N)=O)c5)ccn4)C3)cn2n1. The van der Waals surface area contributed by atoms with Gasteiger partial charge in [-0.05, 0) is 80.1 Å². The van der Waals surface area contributed by atoms with E-state index in [1.54, 1.807) is 6.07 Å². The summed E-state index contributed by atoms with van der Waals surface area (Å²) >= 11 is 0. The predicted octanol–water partition coefficient (Wildman–Crippen LogP) is 4.18. The molecule has 0 radical (unpaired) electrons. The Balaban J connectivity index is 1.13. The fraction of sp³-hybridized carbons (Fsp3) is 0.400. The minimum absolute atomic E-state index is 0.309. The molecule has 0 bridgehead atoms. The maximum Gasteiger partial charge on any atom is 0.248 e. The van der Waals surface area contributed by atoms with Gasteiger partial charge in [0.05, 0.1) is 11.9 Å². The number of amides is 1. The number of benzene rings is 1. The lowest BCUT2D eigenvalue weighted by atomic mass is 9.89. The summed E-state index contributed by atoms with van der Waals surface area (Å²) in [5.41, 5.74) is 10.0. The number of nitrogens with zero attached hydrogens (tertiary/aromatic N) is 5. The fourth-order valence-electron chi connectivity index (χ4n) is 6.06. The van der Waals surface area contributed by atoms with E-state index in [1.807, 2.05) is 41.9 Å². The first-order chi connectivity index (χ1) is 19.0. The number of fused-ring (bicyclic) bond motifs is 1. The number of rotatable bonds is 7. The number of piperidine rings is 1. The third-order valence-corrected chi connectivity index (χ3v) is 8.00. The van der Waals surface area contributed by atoms with Crippen LogP contribution in [0.4, 0.5) is 11.5 Å². The molecule has 3 aromatic heterocycles. The molecule has 1 saturated carbocycles. The fourth-order valence-corrected chi connectivity index (χ4v) is 6.06. The van der Waals surface area contributed by atoms with Crippen molar-refractivity contribution in [3.63, 3.8) is 0 Å². The highest BCUT2D eigenvalue weighted by atomic mass is 16.1. The van der Waals surface area contributed by atoms with Gasteiger partial charge in [-0.25, -0.2) is 14.5 Å². The third kappa shape index (κ3) is 5.73. The molecule has 9 heteroatoms. The average molecular weight is 525 g/mol. The number of pyridine rings is 2. The van der Waals surface area contributed by atoms with Crippen LogP contribution < -0.4 is 21.3 Å². The van der Waals surface area contributed by atoms with E-state index in [0.717, 1.165) is 60.8 Å². The summed E-state index contributed by atoms with van der Waals surface area (Å²) in [4.78, 5) is 23.2. The van der Waals surface area contributed by atoms with Gasteiger partial charge >= 0.3 is 0 Å². The summed E-state index contributed by atoms with van der Waals surface area (Å²) in [6, 6.07) is 16.8. The summed E-state index contributed by atoms with van der Waals surface area (Å²) in [5.74, 6) is 1.23. The summed E-state index contributed by atoms with van der Waals surface area (Å²) in [7, 11) is 0. The first-order valence-corrected chi connectivity index (χ1v) is 14.0. The molecule has 4 heterocycles. The molecule has 1 aromatic carbocycles. The zero-order valence-corrected chi connectivity index (χ0v) is 22.4. The molecule has 1 saturated heterocycles. The molecule has 6 rings (SSSR count). The van der Waals surface area contributed by atoms with Crippen LogP contribution in [0.3, 0.4) is 0 Å². The lowest BCUT2D eigenvalue weighted by Crippen LogP contribution is -2.55. The van der Waals surface area contributed by atoms with Crippen LogP contribution in [0.25, 0.3) is 16.8 Å². The van der Waals surface area contributed by atoms with Crippen molar-refractivity contribution in [2.24, 2.45) is 5.73 Å². The molecule has 202 valence electrons. The summed E-state index contributed by atoms with van der Waals surface area (Å²) in [6.07, 6.45) is 11.0. The number of aryl methyl sites for hydroxylation is 1. The number of anilines is 2. The third-order valence-electron chi connectivity index (χ3n) is 8.00. The van der Waals surface area contributed by atoms with E-state index in [-0.39, 0.29) is 0 Å². The second-order valence-corrected chi connectivity index (χ2v) is 10.8. The number of hydrogen-bond donors (Lipinski definition) is 3. The largest absolute Gasteiger partial charge is 0.369 e. The van der Waals surface area contributed by atoms with E-state index in [1.165, 1.54) is 24.9 Å². The van der Waals surface area contributed by atoms with E-state index in [0.29, 0.717) is 23.7 Å². The van der Waals surface area contributed by atoms with E-state index in [2.05, 4.69) is 55.0 Å². The quantitative estimate of drug-likeness (QED) is 0.332. The molecule has 0 spiro atoms. The maximum atomic E-state index is 11.6. The van der Waals surface area contributed by atoms with E-state index in [4.69, 9.17) is 5.73 Å². The molecule has 2 fully saturated rings. The molecule has 2 aliphatic rings. The Hall–Kier alpha value is -3.98. The van der Waals surface area contributed by atoms with Gasteiger partial charge in [0.25, 0.3) is 0 Å². The molecule has 4 N–H and O–H groups in total. The molecule has 9 nitrogen and oxygen atoms in total. The van der Waals surface area contributed by atoms with Crippen LogP contribution in [0, 0.1) is 6.92 Å². The van der Waals surface area contributed by atoms with Crippen LogP contribution in [0.15, 0.2) is 60.9 Å². The van der Waals surface area contributed by atoms with Crippen LogP contribution in [0.2, 0.25) is 0 Å². The Morgan fingerprint density at radius 1 is 1.00 bits per heavy atom. The smallest absolute Gasteiger partial charge is 0.248 e. The first kappa shape index (κ1) is 25.3. The van der Waals surface area contributed by atoms with Gasteiger partial charge in [0, 0.05) is 43.0 Å². The number of carbonyl (C=O) groups excluding carboxylic acids is 1. The van der Waals surface area contributed by atoms with Crippen LogP contribution in [-0.2, 0) is 0 Å². The van der Waals surface area contributed by atoms with Crippen LogP contribution in [0.1, 0.15) is 54.7 Å². The molecule has 39 heavy (non-hydrogen) atoms. The van der Waals surface area contributed by atoms with Gasteiger partial charge in [-0.3, -0.25) is 4.79 Å². The standard InChI is InChI=1S/C30H36N8O/c1-20-33-29-12-11-25(19-38(29)36-20)37-15-5-8-24(18-37)34-26-9-2-3-10-27(26)35-28-17-22(13-14-32-28)21-6-4-7-23(16-21)30(31)39/h4,6-7,11-14,16-17,19,24,26-27,34H,2-3,5,8-10,15,18H2,1H3,(H2,31,39)(H,32,35)/t24-,26+,27?/m0/s1. The first-order valence-electron chi connectivity index (χ1n) is 14.0. The summed E-state index contributed by atoms with van der Waals surface area (Å²) < 4.78 is 1.88. The monoisotopic (exact) mass is 524 g/mol. The van der Waals surface area contributed by atoms with Crippen molar-refractivity contribution in [3.8, 4) is 11.1 Å². The van der Waals surface area contributed by atoms with Crippen LogP contribution in [-0.4, -0.2) is 56.7 Å². The minimum atomic E-state index is -0.421. The number of hydrogen-bond acceptors (Lipinski definition) is 7. The Labute approximate surface area is 228 Å². The van der Waals surface area contributed by atoms with E-state index in [9.17, 15) is 4.79 Å². The molecule has 1 aliphatic carbocycles. The Bertz CT molecular complexity index is 1470. The number of carbonyl (C=O) groups is 1. The second kappa shape index (κ2) is 11.0. The maximum absolute atomic E-state index is 11.6. The van der Waals surface area contributed by atoms with Crippen molar-refractivity contribution in [3.05, 3.63) is 72.3 Å². The normalized spacial score (nSPS) is 21.7. The van der Waals surface area contributed by atoms with Crippen molar-refractivity contribution < 1.29 is 4.79 Å². The van der Waals surface area contributed by atoms with Gasteiger partial charge < -0.3 is 21.3 Å². The zero-order chi connectivity index (χ0) is 26.8. The highest BCUT2D eigenvalue weighted by molar-refractivity contribution is 5.94. The van der Waals surface area contributed by atoms with Crippen molar-refractivity contribution in [1.82, 2.24) is 24.9 Å². The van der Waals surface area contributed by atoms with Gasteiger partial charge in [0.15, 0.2) is 5.65 Å². The molecule has 1 amide bonds. The predicted molar refractivity (Wildman–Crippen MR) is 154 cm³/mol. The summed E-state index contributed by atoms with van der Waals surface area (Å²) in [6.45, 7) is 3.96. The van der Waals surface area contributed by atoms with Crippen LogP contribution >= 0.6 is 0 Å². The number of nitrogens with one attached hydrogen (secondary N) is 2.